The highest BCUT2D eigenvalue weighted by molar-refractivity contribution is 5.71. The monoisotopic (exact) mass is 213 g/mol. The Morgan fingerprint density at radius 3 is 2.56 bits per heavy atom. The molecule has 16 heavy (non-hydrogen) atoms. The zero-order chi connectivity index (χ0) is 11.4. The summed E-state index contributed by atoms with van der Waals surface area (Å²) in [5.74, 6) is 0.851. The molecule has 1 aromatic carbocycles. The van der Waals surface area contributed by atoms with Crippen LogP contribution in [-0.4, -0.2) is 12.0 Å². The minimum Gasteiger partial charge on any atom is -0.373 e. The van der Waals surface area contributed by atoms with Crippen LogP contribution < -0.4 is 11.1 Å². The van der Waals surface area contributed by atoms with Gasteiger partial charge < -0.3 is 11.1 Å². The Hall–Kier alpha value is -1.87. The van der Waals surface area contributed by atoms with Gasteiger partial charge in [-0.1, -0.05) is 30.3 Å². The summed E-state index contributed by atoms with van der Waals surface area (Å²) in [7, 11) is 1.86. The summed E-state index contributed by atoms with van der Waals surface area (Å²) < 4.78 is 0. The Kier molecular flexibility index (Phi) is 3.17. The second-order valence-corrected chi connectivity index (χ2v) is 3.51. The van der Waals surface area contributed by atoms with E-state index in [2.05, 4.69) is 22.4 Å². The molecule has 82 valence electrons. The summed E-state index contributed by atoms with van der Waals surface area (Å²) in [5.41, 5.74) is 9.15. The maximum absolute atomic E-state index is 5.78. The number of pyridine rings is 1. The Bertz CT molecular complexity index is 466. The number of nitrogens with one attached hydrogen (secondary N) is 1. The molecule has 0 unspecified atom stereocenters. The number of rotatable bonds is 3. The molecule has 1 aromatic heterocycles. The van der Waals surface area contributed by atoms with Gasteiger partial charge in [-0.2, -0.15) is 0 Å². The van der Waals surface area contributed by atoms with Crippen molar-refractivity contribution < 1.29 is 0 Å². The van der Waals surface area contributed by atoms with Crippen molar-refractivity contribution >= 4 is 5.82 Å². The SMILES string of the molecule is CNc1nccc(-c2ccccc2)c1CN. The average Bonchev–Trinajstić information content (AvgIpc) is 2.38. The van der Waals surface area contributed by atoms with Crippen molar-refractivity contribution in [3.8, 4) is 11.1 Å². The molecule has 0 atom stereocenters. The van der Waals surface area contributed by atoms with Crippen molar-refractivity contribution in [1.82, 2.24) is 4.98 Å². The summed E-state index contributed by atoms with van der Waals surface area (Å²) in [6.07, 6.45) is 1.80. The van der Waals surface area contributed by atoms with Crippen molar-refractivity contribution in [3.05, 3.63) is 48.2 Å². The molecule has 0 amide bonds. The van der Waals surface area contributed by atoms with E-state index in [4.69, 9.17) is 5.73 Å². The van der Waals surface area contributed by atoms with Crippen molar-refractivity contribution in [1.29, 1.82) is 0 Å². The molecule has 0 saturated heterocycles. The van der Waals surface area contributed by atoms with Crippen LogP contribution in [0.2, 0.25) is 0 Å². The van der Waals surface area contributed by atoms with Crippen LogP contribution in [0, 0.1) is 0 Å². The maximum atomic E-state index is 5.78. The van der Waals surface area contributed by atoms with Gasteiger partial charge in [0, 0.05) is 25.4 Å². The highest BCUT2D eigenvalue weighted by atomic mass is 15.0. The Morgan fingerprint density at radius 2 is 1.94 bits per heavy atom. The van der Waals surface area contributed by atoms with Crippen LogP contribution in [0.5, 0.6) is 0 Å². The third kappa shape index (κ3) is 1.90. The van der Waals surface area contributed by atoms with Crippen molar-refractivity contribution in [2.24, 2.45) is 5.73 Å². The maximum Gasteiger partial charge on any atom is 0.130 e. The topological polar surface area (TPSA) is 50.9 Å². The normalized spacial score (nSPS) is 10.1. The van der Waals surface area contributed by atoms with Crippen LogP contribution in [0.25, 0.3) is 11.1 Å². The van der Waals surface area contributed by atoms with E-state index in [1.165, 1.54) is 5.56 Å². The lowest BCUT2D eigenvalue weighted by Gasteiger charge is -2.11. The smallest absolute Gasteiger partial charge is 0.130 e. The minimum absolute atomic E-state index is 0.480. The molecule has 1 heterocycles. The Balaban J connectivity index is 2.57. The lowest BCUT2D eigenvalue weighted by molar-refractivity contribution is 1.05. The van der Waals surface area contributed by atoms with Crippen LogP contribution >= 0.6 is 0 Å². The fourth-order valence-corrected chi connectivity index (χ4v) is 1.80. The molecule has 0 aliphatic carbocycles. The molecule has 3 N–H and O–H groups in total. The first-order chi connectivity index (χ1) is 7.86. The zero-order valence-corrected chi connectivity index (χ0v) is 9.27. The molecule has 2 rings (SSSR count). The fourth-order valence-electron chi connectivity index (χ4n) is 1.80. The number of hydrogen-bond acceptors (Lipinski definition) is 3. The van der Waals surface area contributed by atoms with Gasteiger partial charge in [-0.25, -0.2) is 4.98 Å². The van der Waals surface area contributed by atoms with Gasteiger partial charge in [0.25, 0.3) is 0 Å². The van der Waals surface area contributed by atoms with Crippen LogP contribution in [-0.2, 0) is 6.54 Å². The molecular weight excluding hydrogens is 198 g/mol. The first kappa shape index (κ1) is 10.6. The van der Waals surface area contributed by atoms with E-state index in [0.29, 0.717) is 6.54 Å². The van der Waals surface area contributed by atoms with Crippen LogP contribution in [0.15, 0.2) is 42.6 Å². The van der Waals surface area contributed by atoms with Crippen molar-refractivity contribution in [2.45, 2.75) is 6.54 Å². The summed E-state index contributed by atoms with van der Waals surface area (Å²) in [5, 5.41) is 3.07. The van der Waals surface area contributed by atoms with Gasteiger partial charge in [-0.05, 0) is 17.2 Å². The van der Waals surface area contributed by atoms with Crippen molar-refractivity contribution in [3.63, 3.8) is 0 Å². The predicted octanol–water partition coefficient (Wildman–Crippen LogP) is 2.25. The third-order valence-corrected chi connectivity index (χ3v) is 2.58. The number of anilines is 1. The molecule has 3 nitrogen and oxygen atoms in total. The predicted molar refractivity (Wildman–Crippen MR) is 67.1 cm³/mol. The fraction of sp³-hybridized carbons (Fsp3) is 0.154. The first-order valence-corrected chi connectivity index (χ1v) is 5.28. The number of nitrogens with two attached hydrogens (primary N) is 1. The lowest BCUT2D eigenvalue weighted by atomic mass is 10.0. The average molecular weight is 213 g/mol. The van der Waals surface area contributed by atoms with E-state index in [9.17, 15) is 0 Å². The van der Waals surface area contributed by atoms with Gasteiger partial charge in [0.15, 0.2) is 0 Å². The molecule has 0 fully saturated rings. The number of benzene rings is 1. The Labute approximate surface area is 95.3 Å². The molecule has 0 spiro atoms. The van der Waals surface area contributed by atoms with E-state index in [-0.39, 0.29) is 0 Å². The number of aromatic nitrogens is 1. The van der Waals surface area contributed by atoms with Crippen molar-refractivity contribution in [2.75, 3.05) is 12.4 Å². The molecule has 0 saturated carbocycles. The number of nitrogens with zero attached hydrogens (tertiary/aromatic N) is 1. The molecule has 0 radical (unpaired) electrons. The minimum atomic E-state index is 0.480. The van der Waals surface area contributed by atoms with Gasteiger partial charge in [0.2, 0.25) is 0 Å². The summed E-state index contributed by atoms with van der Waals surface area (Å²) in [6.45, 7) is 0.480. The van der Waals surface area contributed by atoms with Gasteiger partial charge in [0.1, 0.15) is 5.82 Å². The molecular formula is C13H15N3. The van der Waals surface area contributed by atoms with Crippen LogP contribution in [0.4, 0.5) is 5.82 Å². The summed E-state index contributed by atoms with van der Waals surface area (Å²) >= 11 is 0. The molecule has 2 aromatic rings. The van der Waals surface area contributed by atoms with E-state index >= 15 is 0 Å². The zero-order valence-electron chi connectivity index (χ0n) is 9.27. The highest BCUT2D eigenvalue weighted by Crippen LogP contribution is 2.26. The van der Waals surface area contributed by atoms with Crippen LogP contribution in [0.1, 0.15) is 5.56 Å². The largest absolute Gasteiger partial charge is 0.373 e. The van der Waals surface area contributed by atoms with E-state index in [1.807, 2.05) is 31.3 Å². The quantitative estimate of drug-likeness (QED) is 0.822. The Morgan fingerprint density at radius 1 is 1.19 bits per heavy atom. The van der Waals surface area contributed by atoms with Crippen LogP contribution in [0.3, 0.4) is 0 Å². The van der Waals surface area contributed by atoms with Gasteiger partial charge in [-0.15, -0.1) is 0 Å². The standard InChI is InChI=1S/C13H15N3/c1-15-13-12(9-14)11(7-8-16-13)10-5-3-2-4-6-10/h2-8H,9,14H2,1H3,(H,15,16). The second kappa shape index (κ2) is 4.77. The molecule has 0 bridgehead atoms. The first-order valence-electron chi connectivity index (χ1n) is 5.28. The second-order valence-electron chi connectivity index (χ2n) is 3.51. The van der Waals surface area contributed by atoms with E-state index < -0.39 is 0 Å². The van der Waals surface area contributed by atoms with Gasteiger partial charge in [-0.3, -0.25) is 0 Å². The molecule has 3 heteroatoms. The highest BCUT2D eigenvalue weighted by Gasteiger charge is 2.08. The van der Waals surface area contributed by atoms with E-state index in [0.717, 1.165) is 16.9 Å². The summed E-state index contributed by atoms with van der Waals surface area (Å²) in [6, 6.07) is 12.2. The molecule has 0 aliphatic rings. The summed E-state index contributed by atoms with van der Waals surface area (Å²) in [4.78, 5) is 4.26. The van der Waals surface area contributed by atoms with Gasteiger partial charge in [0.05, 0.1) is 0 Å². The number of hydrogen-bond donors (Lipinski definition) is 2. The lowest BCUT2D eigenvalue weighted by Crippen LogP contribution is -2.05. The van der Waals surface area contributed by atoms with Gasteiger partial charge >= 0.3 is 0 Å². The third-order valence-electron chi connectivity index (χ3n) is 2.58. The molecule has 0 aliphatic heterocycles. The van der Waals surface area contributed by atoms with E-state index in [1.54, 1.807) is 6.20 Å².